The lowest BCUT2D eigenvalue weighted by Gasteiger charge is -2.11. The van der Waals surface area contributed by atoms with Crippen LogP contribution in [0.5, 0.6) is 5.75 Å². The smallest absolute Gasteiger partial charge is 0.222 e. The van der Waals surface area contributed by atoms with Gasteiger partial charge in [0.1, 0.15) is 11.3 Å². The maximum Gasteiger partial charge on any atom is 0.222 e. The molecule has 9 nitrogen and oxygen atoms in total. The first-order valence-corrected chi connectivity index (χ1v) is 10.5. The van der Waals surface area contributed by atoms with Crippen LogP contribution in [0.4, 0.5) is 11.8 Å². The minimum atomic E-state index is 0.241. The number of anilines is 2. The van der Waals surface area contributed by atoms with E-state index in [2.05, 4.69) is 50.8 Å². The van der Waals surface area contributed by atoms with Gasteiger partial charge in [0.2, 0.25) is 5.95 Å². The first-order chi connectivity index (χ1) is 14.6. The van der Waals surface area contributed by atoms with E-state index in [0.717, 1.165) is 61.2 Å². The van der Waals surface area contributed by atoms with Crippen molar-refractivity contribution in [1.29, 1.82) is 0 Å². The van der Waals surface area contributed by atoms with Crippen LogP contribution in [0.2, 0.25) is 0 Å². The highest BCUT2D eigenvalue weighted by molar-refractivity contribution is 5.85. The number of unbranched alkanes of at least 4 members (excludes halogenated alkanes) is 1. The summed E-state index contributed by atoms with van der Waals surface area (Å²) in [4.78, 5) is 8.65. The Labute approximate surface area is 177 Å². The van der Waals surface area contributed by atoms with Crippen LogP contribution in [0.25, 0.3) is 11.0 Å². The molecule has 30 heavy (non-hydrogen) atoms. The summed E-state index contributed by atoms with van der Waals surface area (Å²) in [6.45, 7) is 5.91. The average molecular weight is 413 g/mol. The van der Waals surface area contributed by atoms with Crippen LogP contribution in [-0.4, -0.2) is 46.5 Å². The number of nitrogens with one attached hydrogen (secondary N) is 2. The van der Waals surface area contributed by atoms with Gasteiger partial charge in [0.25, 0.3) is 0 Å². The van der Waals surface area contributed by atoms with Crippen molar-refractivity contribution in [1.82, 2.24) is 25.1 Å². The normalized spacial score (nSPS) is 11.2. The molecule has 0 aliphatic rings. The van der Waals surface area contributed by atoms with Crippen molar-refractivity contribution in [2.24, 2.45) is 5.73 Å². The standard InChI is InChI=1S/C21H32N8O/c1-3-4-10-25-20-19-17(26-21(23)27-20)14-29(28-19)13-16-7-6-15(11-18(16)30-2)12-24-9-5-8-22/h6-7,11,14,24H,3-5,8-10,12-13,22H2,1-2H3,(H3,23,25,26,27). The largest absolute Gasteiger partial charge is 0.496 e. The van der Waals surface area contributed by atoms with Crippen LogP contribution in [0.3, 0.4) is 0 Å². The quantitative estimate of drug-likeness (QED) is 0.333. The molecule has 1 aromatic carbocycles. The Morgan fingerprint density at radius 2 is 2.03 bits per heavy atom. The number of ether oxygens (including phenoxy) is 1. The van der Waals surface area contributed by atoms with Gasteiger partial charge in [0.05, 0.1) is 19.9 Å². The lowest BCUT2D eigenvalue weighted by atomic mass is 10.1. The zero-order valence-corrected chi connectivity index (χ0v) is 17.8. The summed E-state index contributed by atoms with van der Waals surface area (Å²) in [7, 11) is 1.69. The fourth-order valence-electron chi connectivity index (χ4n) is 3.23. The van der Waals surface area contributed by atoms with Crippen molar-refractivity contribution in [3.05, 3.63) is 35.5 Å². The van der Waals surface area contributed by atoms with Crippen molar-refractivity contribution in [3.8, 4) is 5.75 Å². The number of aromatic nitrogens is 4. The zero-order valence-electron chi connectivity index (χ0n) is 17.8. The summed E-state index contributed by atoms with van der Waals surface area (Å²) in [5, 5.41) is 11.4. The summed E-state index contributed by atoms with van der Waals surface area (Å²) >= 11 is 0. The second-order valence-corrected chi connectivity index (χ2v) is 7.24. The van der Waals surface area contributed by atoms with Gasteiger partial charge in [-0.05, 0) is 37.6 Å². The average Bonchev–Trinajstić information content (AvgIpc) is 3.14. The van der Waals surface area contributed by atoms with Gasteiger partial charge in [-0.3, -0.25) is 4.68 Å². The Kier molecular flexibility index (Phi) is 7.81. The SMILES string of the molecule is CCCCNc1nc(N)nc2cn(Cc3ccc(CNCCCN)cc3OC)nc12. The maximum absolute atomic E-state index is 5.88. The summed E-state index contributed by atoms with van der Waals surface area (Å²) in [5.41, 5.74) is 15.1. The topological polar surface area (TPSA) is 129 Å². The third kappa shape index (κ3) is 5.58. The molecule has 2 aromatic heterocycles. The lowest BCUT2D eigenvalue weighted by molar-refractivity contribution is 0.406. The van der Waals surface area contributed by atoms with Gasteiger partial charge < -0.3 is 26.8 Å². The van der Waals surface area contributed by atoms with Gasteiger partial charge in [-0.15, -0.1) is 0 Å². The van der Waals surface area contributed by atoms with E-state index in [1.165, 1.54) is 5.56 Å². The van der Waals surface area contributed by atoms with E-state index in [4.69, 9.17) is 16.2 Å². The lowest BCUT2D eigenvalue weighted by Crippen LogP contribution is -2.17. The minimum Gasteiger partial charge on any atom is -0.496 e. The molecule has 162 valence electrons. The molecule has 0 radical (unpaired) electrons. The predicted molar refractivity (Wildman–Crippen MR) is 121 cm³/mol. The summed E-state index contributed by atoms with van der Waals surface area (Å²) in [6.07, 6.45) is 5.01. The van der Waals surface area contributed by atoms with E-state index in [9.17, 15) is 0 Å². The number of nitrogen functional groups attached to an aromatic ring is 1. The predicted octanol–water partition coefficient (Wildman–Crippen LogP) is 2.12. The van der Waals surface area contributed by atoms with Crippen LogP contribution in [0, 0.1) is 0 Å². The van der Waals surface area contributed by atoms with E-state index >= 15 is 0 Å². The second kappa shape index (κ2) is 10.7. The molecular weight excluding hydrogens is 380 g/mol. The van der Waals surface area contributed by atoms with Gasteiger partial charge in [-0.25, -0.2) is 4.98 Å². The van der Waals surface area contributed by atoms with Gasteiger partial charge in [0, 0.05) is 18.7 Å². The molecule has 0 saturated heterocycles. The molecule has 6 N–H and O–H groups in total. The molecular formula is C21H32N8O. The molecule has 0 saturated carbocycles. The monoisotopic (exact) mass is 412 g/mol. The van der Waals surface area contributed by atoms with E-state index in [-0.39, 0.29) is 5.95 Å². The maximum atomic E-state index is 5.88. The number of nitrogens with two attached hydrogens (primary N) is 2. The number of nitrogens with zero attached hydrogens (tertiary/aromatic N) is 4. The Morgan fingerprint density at radius 1 is 1.17 bits per heavy atom. The fraction of sp³-hybridized carbons (Fsp3) is 0.476. The molecule has 9 heteroatoms. The Balaban J connectivity index is 1.77. The minimum absolute atomic E-state index is 0.241. The molecule has 3 rings (SSSR count). The van der Waals surface area contributed by atoms with E-state index in [0.29, 0.717) is 18.9 Å². The molecule has 0 atom stereocenters. The van der Waals surface area contributed by atoms with Gasteiger partial charge in [-0.2, -0.15) is 10.1 Å². The molecule has 0 bridgehead atoms. The van der Waals surface area contributed by atoms with Crippen molar-refractivity contribution >= 4 is 22.8 Å². The molecule has 2 heterocycles. The summed E-state index contributed by atoms with van der Waals surface area (Å²) < 4.78 is 7.47. The fourth-order valence-corrected chi connectivity index (χ4v) is 3.23. The number of methoxy groups -OCH3 is 1. The van der Waals surface area contributed by atoms with E-state index in [1.54, 1.807) is 7.11 Å². The van der Waals surface area contributed by atoms with Crippen molar-refractivity contribution < 1.29 is 4.74 Å². The highest BCUT2D eigenvalue weighted by Crippen LogP contribution is 2.24. The highest BCUT2D eigenvalue weighted by atomic mass is 16.5. The number of hydrogen-bond acceptors (Lipinski definition) is 8. The second-order valence-electron chi connectivity index (χ2n) is 7.24. The van der Waals surface area contributed by atoms with Crippen LogP contribution >= 0.6 is 0 Å². The first-order valence-electron chi connectivity index (χ1n) is 10.5. The molecule has 0 fully saturated rings. The highest BCUT2D eigenvalue weighted by Gasteiger charge is 2.13. The van der Waals surface area contributed by atoms with Crippen molar-refractivity contribution in [3.63, 3.8) is 0 Å². The third-order valence-corrected chi connectivity index (χ3v) is 4.82. The van der Waals surface area contributed by atoms with Gasteiger partial charge >= 0.3 is 0 Å². The summed E-state index contributed by atoms with van der Waals surface area (Å²) in [5.74, 6) is 1.75. The van der Waals surface area contributed by atoms with Gasteiger partial charge in [-0.1, -0.05) is 25.5 Å². The van der Waals surface area contributed by atoms with Crippen molar-refractivity contribution in [2.75, 3.05) is 37.8 Å². The summed E-state index contributed by atoms with van der Waals surface area (Å²) in [6, 6.07) is 6.24. The molecule has 3 aromatic rings. The van der Waals surface area contributed by atoms with Crippen LogP contribution in [0.15, 0.2) is 24.4 Å². The molecule has 0 unspecified atom stereocenters. The molecule has 0 aliphatic heterocycles. The van der Waals surface area contributed by atoms with Crippen LogP contribution in [-0.2, 0) is 13.1 Å². The van der Waals surface area contributed by atoms with Crippen LogP contribution < -0.4 is 26.8 Å². The first kappa shape index (κ1) is 21.8. The number of hydrogen-bond donors (Lipinski definition) is 4. The molecule has 0 amide bonds. The van der Waals surface area contributed by atoms with Crippen molar-refractivity contribution in [2.45, 2.75) is 39.3 Å². The number of benzene rings is 1. The van der Waals surface area contributed by atoms with Crippen LogP contribution in [0.1, 0.15) is 37.3 Å². The Bertz CT molecular complexity index is 956. The number of rotatable bonds is 12. The zero-order chi connectivity index (χ0) is 21.3. The Hall–Kier alpha value is -2.91. The third-order valence-electron chi connectivity index (χ3n) is 4.82. The van der Waals surface area contributed by atoms with E-state index in [1.807, 2.05) is 10.9 Å². The Morgan fingerprint density at radius 3 is 2.80 bits per heavy atom. The van der Waals surface area contributed by atoms with Gasteiger partial charge in [0.15, 0.2) is 11.3 Å². The number of fused-ring (bicyclic) bond motifs is 1. The molecule has 0 spiro atoms. The molecule has 0 aliphatic carbocycles. The van der Waals surface area contributed by atoms with E-state index < -0.39 is 0 Å².